The molecule has 2 heterocycles. The maximum atomic E-state index is 10.7. The van der Waals surface area contributed by atoms with Gasteiger partial charge >= 0.3 is 0 Å². The lowest BCUT2D eigenvalue weighted by Gasteiger charge is -2.22. The van der Waals surface area contributed by atoms with Crippen molar-refractivity contribution in [3.8, 4) is 0 Å². The molecule has 1 aromatic rings. The summed E-state index contributed by atoms with van der Waals surface area (Å²) in [5, 5.41) is 10.7. The van der Waals surface area contributed by atoms with Crippen LogP contribution >= 0.6 is 0 Å². The highest BCUT2D eigenvalue weighted by molar-refractivity contribution is 5.10. The van der Waals surface area contributed by atoms with Gasteiger partial charge in [-0.05, 0) is 26.8 Å². The van der Waals surface area contributed by atoms with Gasteiger partial charge in [0.1, 0.15) is 11.4 Å². The molecule has 4 nitrogen and oxygen atoms in total. The third-order valence-corrected chi connectivity index (χ3v) is 3.49. The lowest BCUT2D eigenvalue weighted by Crippen LogP contribution is -2.32. The van der Waals surface area contributed by atoms with E-state index in [0.717, 1.165) is 25.2 Å². The zero-order chi connectivity index (χ0) is 11.8. The van der Waals surface area contributed by atoms with Crippen molar-refractivity contribution in [2.24, 2.45) is 0 Å². The van der Waals surface area contributed by atoms with E-state index in [0.29, 0.717) is 12.6 Å². The summed E-state index contributed by atoms with van der Waals surface area (Å²) in [5.74, 6) is 0.825. The number of hydrogen-bond donors (Lipinski definition) is 1. The Morgan fingerprint density at radius 3 is 2.94 bits per heavy atom. The van der Waals surface area contributed by atoms with Crippen LogP contribution in [0, 0.1) is 0 Å². The van der Waals surface area contributed by atoms with Crippen LogP contribution in [0.5, 0.6) is 0 Å². The number of likely N-dealkylation sites (N-methyl/N-ethyl adjacent to an activating group) is 1. The highest BCUT2D eigenvalue weighted by Crippen LogP contribution is 2.33. The Bertz CT molecular complexity index is 351. The van der Waals surface area contributed by atoms with Crippen LogP contribution in [-0.2, 0) is 12.1 Å². The van der Waals surface area contributed by atoms with E-state index in [1.54, 1.807) is 6.20 Å². The Morgan fingerprint density at radius 1 is 1.62 bits per heavy atom. The van der Waals surface area contributed by atoms with Crippen LogP contribution in [0.2, 0.25) is 0 Å². The molecular formula is C12H21N3O. The van der Waals surface area contributed by atoms with E-state index in [-0.39, 0.29) is 0 Å². The predicted molar refractivity (Wildman–Crippen MR) is 63.1 cm³/mol. The number of rotatable bonds is 3. The Hall–Kier alpha value is -0.870. The monoisotopic (exact) mass is 223 g/mol. The SMILES string of the molecule is CCCn1ccnc1C1(O)CC(C)N(C)C1. The lowest BCUT2D eigenvalue weighted by atomic mass is 10.00. The Balaban J connectivity index is 2.26. The average Bonchev–Trinajstić information content (AvgIpc) is 2.75. The van der Waals surface area contributed by atoms with Gasteiger partial charge in [0, 0.05) is 31.5 Å². The highest BCUT2D eigenvalue weighted by Gasteiger charge is 2.43. The quantitative estimate of drug-likeness (QED) is 0.837. The molecule has 2 atom stereocenters. The van der Waals surface area contributed by atoms with Gasteiger partial charge in [-0.15, -0.1) is 0 Å². The minimum atomic E-state index is -0.771. The van der Waals surface area contributed by atoms with Crippen molar-refractivity contribution in [3.63, 3.8) is 0 Å². The van der Waals surface area contributed by atoms with Gasteiger partial charge in [-0.1, -0.05) is 6.92 Å². The van der Waals surface area contributed by atoms with Crippen molar-refractivity contribution >= 4 is 0 Å². The molecule has 1 aromatic heterocycles. The summed E-state index contributed by atoms with van der Waals surface area (Å²) in [5.41, 5.74) is -0.771. The van der Waals surface area contributed by atoms with Gasteiger partial charge in [-0.2, -0.15) is 0 Å². The van der Waals surface area contributed by atoms with Crippen LogP contribution in [0.3, 0.4) is 0 Å². The number of aromatic nitrogens is 2. The van der Waals surface area contributed by atoms with E-state index in [4.69, 9.17) is 0 Å². The number of imidazole rings is 1. The fourth-order valence-electron chi connectivity index (χ4n) is 2.58. The minimum Gasteiger partial charge on any atom is -0.380 e. The topological polar surface area (TPSA) is 41.3 Å². The second kappa shape index (κ2) is 4.18. The molecule has 16 heavy (non-hydrogen) atoms. The number of aliphatic hydroxyl groups is 1. The first-order chi connectivity index (χ1) is 7.57. The summed E-state index contributed by atoms with van der Waals surface area (Å²) >= 11 is 0. The van der Waals surface area contributed by atoms with Crippen LogP contribution in [0.1, 0.15) is 32.5 Å². The van der Waals surface area contributed by atoms with Crippen molar-refractivity contribution in [3.05, 3.63) is 18.2 Å². The van der Waals surface area contributed by atoms with E-state index in [1.807, 2.05) is 6.20 Å². The maximum Gasteiger partial charge on any atom is 0.142 e. The van der Waals surface area contributed by atoms with E-state index < -0.39 is 5.60 Å². The molecule has 4 heteroatoms. The molecule has 90 valence electrons. The largest absolute Gasteiger partial charge is 0.380 e. The van der Waals surface area contributed by atoms with Gasteiger partial charge in [0.2, 0.25) is 0 Å². The first-order valence-electron chi connectivity index (χ1n) is 6.01. The van der Waals surface area contributed by atoms with Crippen LogP contribution in [-0.4, -0.2) is 39.2 Å². The summed E-state index contributed by atoms with van der Waals surface area (Å²) in [6.45, 7) is 5.88. The second-order valence-corrected chi connectivity index (χ2v) is 4.94. The molecule has 2 rings (SSSR count). The van der Waals surface area contributed by atoms with E-state index in [9.17, 15) is 5.11 Å². The first kappa shape index (κ1) is 11.6. The number of likely N-dealkylation sites (tertiary alicyclic amines) is 1. The third kappa shape index (κ3) is 1.87. The fourth-order valence-corrected chi connectivity index (χ4v) is 2.58. The molecular weight excluding hydrogens is 202 g/mol. The van der Waals surface area contributed by atoms with Crippen molar-refractivity contribution in [1.82, 2.24) is 14.5 Å². The Morgan fingerprint density at radius 2 is 2.38 bits per heavy atom. The van der Waals surface area contributed by atoms with E-state index in [1.165, 1.54) is 0 Å². The summed E-state index contributed by atoms with van der Waals surface area (Å²) in [6.07, 6.45) is 5.57. The van der Waals surface area contributed by atoms with Crippen LogP contribution < -0.4 is 0 Å². The fraction of sp³-hybridized carbons (Fsp3) is 0.750. The average molecular weight is 223 g/mol. The third-order valence-electron chi connectivity index (χ3n) is 3.49. The molecule has 0 radical (unpaired) electrons. The molecule has 0 aliphatic carbocycles. The number of hydrogen-bond acceptors (Lipinski definition) is 3. The molecule has 1 fully saturated rings. The normalized spacial score (nSPS) is 31.1. The van der Waals surface area contributed by atoms with E-state index >= 15 is 0 Å². The Kier molecular flexibility index (Phi) is 3.04. The molecule has 0 bridgehead atoms. The van der Waals surface area contributed by atoms with Crippen LogP contribution in [0.4, 0.5) is 0 Å². The smallest absolute Gasteiger partial charge is 0.142 e. The van der Waals surface area contributed by atoms with Crippen molar-refractivity contribution in [2.75, 3.05) is 13.6 Å². The minimum absolute atomic E-state index is 0.414. The summed E-state index contributed by atoms with van der Waals surface area (Å²) in [4.78, 5) is 6.53. The zero-order valence-corrected chi connectivity index (χ0v) is 10.3. The summed E-state index contributed by atoms with van der Waals surface area (Å²) < 4.78 is 2.08. The standard InChI is InChI=1S/C12H21N3O/c1-4-6-15-7-5-13-11(15)12(16)8-10(2)14(3)9-12/h5,7,10,16H,4,6,8-9H2,1-3H3. The van der Waals surface area contributed by atoms with Crippen LogP contribution in [0.15, 0.2) is 12.4 Å². The molecule has 1 N–H and O–H groups in total. The second-order valence-electron chi connectivity index (χ2n) is 4.94. The Labute approximate surface area is 96.9 Å². The zero-order valence-electron chi connectivity index (χ0n) is 10.3. The first-order valence-corrected chi connectivity index (χ1v) is 6.01. The molecule has 1 aliphatic rings. The van der Waals surface area contributed by atoms with Crippen molar-refractivity contribution in [1.29, 1.82) is 0 Å². The van der Waals surface area contributed by atoms with Gasteiger partial charge in [-0.25, -0.2) is 4.98 Å². The molecule has 0 saturated carbocycles. The predicted octanol–water partition coefficient (Wildman–Crippen LogP) is 1.20. The number of β-amino-alcohol motifs (C(OH)–C–C–N with tert-alkyl or cyclic N) is 1. The van der Waals surface area contributed by atoms with Gasteiger partial charge in [0.05, 0.1) is 0 Å². The van der Waals surface area contributed by atoms with Crippen molar-refractivity contribution in [2.45, 2.75) is 44.9 Å². The molecule has 2 unspecified atom stereocenters. The number of aryl methyl sites for hydroxylation is 1. The maximum absolute atomic E-state index is 10.7. The molecule has 0 aromatic carbocycles. The number of nitrogens with zero attached hydrogens (tertiary/aromatic N) is 3. The van der Waals surface area contributed by atoms with E-state index in [2.05, 4.69) is 35.3 Å². The van der Waals surface area contributed by atoms with Crippen LogP contribution in [0.25, 0.3) is 0 Å². The van der Waals surface area contributed by atoms with Crippen molar-refractivity contribution < 1.29 is 5.11 Å². The van der Waals surface area contributed by atoms with Gasteiger partial charge in [0.25, 0.3) is 0 Å². The highest BCUT2D eigenvalue weighted by atomic mass is 16.3. The van der Waals surface area contributed by atoms with Gasteiger partial charge < -0.3 is 14.6 Å². The lowest BCUT2D eigenvalue weighted by molar-refractivity contribution is 0.0357. The van der Waals surface area contributed by atoms with Gasteiger partial charge in [0.15, 0.2) is 0 Å². The molecule has 1 aliphatic heterocycles. The summed E-state index contributed by atoms with van der Waals surface area (Å²) in [6, 6.07) is 0.414. The molecule has 0 spiro atoms. The molecule has 1 saturated heterocycles. The summed E-state index contributed by atoms with van der Waals surface area (Å²) in [7, 11) is 2.05. The molecule has 0 amide bonds. The van der Waals surface area contributed by atoms with Gasteiger partial charge in [-0.3, -0.25) is 0 Å².